The van der Waals surface area contributed by atoms with Gasteiger partial charge in [-0.05, 0) is 18.6 Å². The summed E-state index contributed by atoms with van der Waals surface area (Å²) in [5.74, 6) is -0.0526. The maximum Gasteiger partial charge on any atom is 0.189 e. The predicted octanol–water partition coefficient (Wildman–Crippen LogP) is 1.72. The summed E-state index contributed by atoms with van der Waals surface area (Å²) in [5.41, 5.74) is 0.937. The Morgan fingerprint density at radius 1 is 1.67 bits per heavy atom. The maximum absolute atomic E-state index is 10.8. The minimum atomic E-state index is -0.0827. The van der Waals surface area contributed by atoms with Crippen LogP contribution in [-0.2, 0) is 11.2 Å². The van der Waals surface area contributed by atoms with Crippen LogP contribution >= 0.6 is 12.6 Å². The SMILES string of the molecule is CC(Cc1ccccn1)C(=O)S. The highest BCUT2D eigenvalue weighted by molar-refractivity contribution is 7.96. The lowest BCUT2D eigenvalue weighted by atomic mass is 10.1. The first kappa shape index (κ1) is 9.26. The van der Waals surface area contributed by atoms with Gasteiger partial charge in [-0.3, -0.25) is 9.78 Å². The van der Waals surface area contributed by atoms with E-state index < -0.39 is 0 Å². The summed E-state index contributed by atoms with van der Waals surface area (Å²) in [7, 11) is 0. The van der Waals surface area contributed by atoms with E-state index in [2.05, 4.69) is 17.6 Å². The van der Waals surface area contributed by atoms with Crippen molar-refractivity contribution >= 4 is 17.7 Å². The molecule has 0 aliphatic rings. The molecule has 0 fully saturated rings. The van der Waals surface area contributed by atoms with E-state index in [-0.39, 0.29) is 11.0 Å². The second-order valence-corrected chi connectivity index (χ2v) is 3.21. The molecule has 3 heteroatoms. The molecule has 0 saturated carbocycles. The largest absolute Gasteiger partial charge is 0.287 e. The van der Waals surface area contributed by atoms with E-state index in [0.29, 0.717) is 6.42 Å². The average Bonchev–Trinajstić information content (AvgIpc) is 2.06. The molecule has 0 aromatic carbocycles. The van der Waals surface area contributed by atoms with Crippen LogP contribution in [0.5, 0.6) is 0 Å². The molecule has 1 atom stereocenters. The molecule has 1 unspecified atom stereocenters. The van der Waals surface area contributed by atoms with E-state index in [1.165, 1.54) is 0 Å². The Morgan fingerprint density at radius 2 is 2.42 bits per heavy atom. The molecule has 1 rings (SSSR count). The van der Waals surface area contributed by atoms with E-state index in [1.807, 2.05) is 25.1 Å². The summed E-state index contributed by atoms with van der Waals surface area (Å²) >= 11 is 3.76. The Labute approximate surface area is 77.4 Å². The Balaban J connectivity index is 2.58. The van der Waals surface area contributed by atoms with Crippen molar-refractivity contribution in [3.63, 3.8) is 0 Å². The summed E-state index contributed by atoms with van der Waals surface area (Å²) in [6.45, 7) is 1.85. The van der Waals surface area contributed by atoms with E-state index in [1.54, 1.807) is 6.20 Å². The summed E-state index contributed by atoms with van der Waals surface area (Å²) in [4.78, 5) is 14.9. The topological polar surface area (TPSA) is 30.0 Å². The van der Waals surface area contributed by atoms with E-state index in [0.717, 1.165) is 5.69 Å². The van der Waals surface area contributed by atoms with Crippen LogP contribution in [0, 0.1) is 5.92 Å². The molecule has 1 heterocycles. The third-order valence-corrected chi connectivity index (χ3v) is 2.10. The first-order valence-corrected chi connectivity index (χ1v) is 4.27. The highest BCUT2D eigenvalue weighted by atomic mass is 32.1. The highest BCUT2D eigenvalue weighted by Gasteiger charge is 2.09. The number of nitrogens with zero attached hydrogens (tertiary/aromatic N) is 1. The molecule has 64 valence electrons. The molecule has 0 amide bonds. The van der Waals surface area contributed by atoms with Gasteiger partial charge in [0.15, 0.2) is 5.12 Å². The molecule has 0 aliphatic carbocycles. The van der Waals surface area contributed by atoms with Crippen molar-refractivity contribution in [1.82, 2.24) is 4.98 Å². The molecule has 1 aromatic rings. The van der Waals surface area contributed by atoms with Gasteiger partial charge in [0.25, 0.3) is 0 Å². The molecule has 0 radical (unpaired) electrons. The van der Waals surface area contributed by atoms with Crippen molar-refractivity contribution in [3.05, 3.63) is 30.1 Å². The van der Waals surface area contributed by atoms with Gasteiger partial charge in [0, 0.05) is 17.8 Å². The van der Waals surface area contributed by atoms with Gasteiger partial charge in [0.05, 0.1) is 0 Å². The predicted molar refractivity (Wildman–Crippen MR) is 51.1 cm³/mol. The van der Waals surface area contributed by atoms with E-state index >= 15 is 0 Å². The molecule has 1 aromatic heterocycles. The molecule has 0 N–H and O–H groups in total. The zero-order chi connectivity index (χ0) is 8.97. The minimum absolute atomic E-state index is 0.0526. The molecular weight excluding hydrogens is 170 g/mol. The Kier molecular flexibility index (Phi) is 3.29. The third kappa shape index (κ3) is 2.66. The van der Waals surface area contributed by atoms with E-state index in [4.69, 9.17) is 0 Å². The van der Waals surface area contributed by atoms with E-state index in [9.17, 15) is 4.79 Å². The number of rotatable bonds is 3. The Hall–Kier alpha value is -0.830. The van der Waals surface area contributed by atoms with Gasteiger partial charge in [-0.1, -0.05) is 13.0 Å². The van der Waals surface area contributed by atoms with Crippen LogP contribution in [0.1, 0.15) is 12.6 Å². The second kappa shape index (κ2) is 4.26. The number of aromatic nitrogens is 1. The van der Waals surface area contributed by atoms with Crippen LogP contribution in [0.2, 0.25) is 0 Å². The smallest absolute Gasteiger partial charge is 0.189 e. The fourth-order valence-corrected chi connectivity index (χ4v) is 1.01. The first-order chi connectivity index (χ1) is 5.70. The Bertz CT molecular complexity index is 260. The summed E-state index contributed by atoms with van der Waals surface area (Å²) in [5, 5.41) is -0.0827. The lowest BCUT2D eigenvalue weighted by Gasteiger charge is -2.04. The van der Waals surface area contributed by atoms with Gasteiger partial charge in [-0.25, -0.2) is 0 Å². The summed E-state index contributed by atoms with van der Waals surface area (Å²) in [6, 6.07) is 5.68. The number of pyridine rings is 1. The summed E-state index contributed by atoms with van der Waals surface area (Å²) in [6.07, 6.45) is 2.40. The fourth-order valence-electron chi connectivity index (χ4n) is 0.920. The molecule has 0 spiro atoms. The van der Waals surface area contributed by atoms with Crippen LogP contribution in [0.3, 0.4) is 0 Å². The Morgan fingerprint density at radius 3 is 2.92 bits per heavy atom. The van der Waals surface area contributed by atoms with Crippen LogP contribution < -0.4 is 0 Å². The molecule has 2 nitrogen and oxygen atoms in total. The molecule has 0 saturated heterocycles. The van der Waals surface area contributed by atoms with Gasteiger partial charge in [-0.15, -0.1) is 12.6 Å². The van der Waals surface area contributed by atoms with Gasteiger partial charge in [0.2, 0.25) is 0 Å². The zero-order valence-electron chi connectivity index (χ0n) is 6.90. The normalized spacial score (nSPS) is 12.5. The highest BCUT2D eigenvalue weighted by Crippen LogP contribution is 2.07. The van der Waals surface area contributed by atoms with Gasteiger partial charge in [0.1, 0.15) is 0 Å². The van der Waals surface area contributed by atoms with Crippen LogP contribution in [-0.4, -0.2) is 10.1 Å². The summed E-state index contributed by atoms with van der Waals surface area (Å²) < 4.78 is 0. The first-order valence-electron chi connectivity index (χ1n) is 3.83. The van der Waals surface area contributed by atoms with Gasteiger partial charge in [-0.2, -0.15) is 0 Å². The van der Waals surface area contributed by atoms with Crippen molar-refractivity contribution in [2.45, 2.75) is 13.3 Å². The van der Waals surface area contributed by atoms with Crippen molar-refractivity contribution in [3.8, 4) is 0 Å². The number of thiol groups is 1. The number of hydrogen-bond donors (Lipinski definition) is 1. The number of carbonyl (C=O) groups excluding carboxylic acids is 1. The quantitative estimate of drug-likeness (QED) is 0.719. The monoisotopic (exact) mass is 181 g/mol. The van der Waals surface area contributed by atoms with Gasteiger partial charge >= 0.3 is 0 Å². The lowest BCUT2D eigenvalue weighted by molar-refractivity contribution is -0.113. The lowest BCUT2D eigenvalue weighted by Crippen LogP contribution is -2.08. The van der Waals surface area contributed by atoms with Crippen molar-refractivity contribution < 1.29 is 4.79 Å². The van der Waals surface area contributed by atoms with Gasteiger partial charge < -0.3 is 0 Å². The molecule has 12 heavy (non-hydrogen) atoms. The molecule has 0 aliphatic heterocycles. The van der Waals surface area contributed by atoms with Crippen molar-refractivity contribution in [2.75, 3.05) is 0 Å². The number of carbonyl (C=O) groups is 1. The second-order valence-electron chi connectivity index (χ2n) is 2.76. The number of hydrogen-bond acceptors (Lipinski definition) is 2. The fraction of sp³-hybridized carbons (Fsp3) is 0.333. The molecule has 0 bridgehead atoms. The maximum atomic E-state index is 10.8. The van der Waals surface area contributed by atoms with Crippen LogP contribution in [0.4, 0.5) is 0 Å². The van der Waals surface area contributed by atoms with Crippen molar-refractivity contribution in [2.24, 2.45) is 5.92 Å². The van der Waals surface area contributed by atoms with Crippen molar-refractivity contribution in [1.29, 1.82) is 0 Å². The zero-order valence-corrected chi connectivity index (χ0v) is 7.79. The minimum Gasteiger partial charge on any atom is -0.287 e. The van der Waals surface area contributed by atoms with Crippen LogP contribution in [0.15, 0.2) is 24.4 Å². The molecular formula is C9H11NOS. The standard InChI is InChI=1S/C9H11NOS/c1-7(9(11)12)6-8-4-2-3-5-10-8/h2-5,7H,6H2,1H3,(H,11,12). The van der Waals surface area contributed by atoms with Crippen LogP contribution in [0.25, 0.3) is 0 Å². The third-order valence-electron chi connectivity index (χ3n) is 1.66. The average molecular weight is 181 g/mol.